The van der Waals surface area contributed by atoms with E-state index in [-0.39, 0.29) is 24.2 Å². The first-order valence-corrected chi connectivity index (χ1v) is 12.7. The summed E-state index contributed by atoms with van der Waals surface area (Å²) in [6.45, 7) is 5.61. The molecule has 0 radical (unpaired) electrons. The lowest BCUT2D eigenvalue weighted by Gasteiger charge is -2.42. The number of nitrogens with one attached hydrogen (secondary N) is 2. The number of aromatic nitrogens is 2. The average Bonchev–Trinajstić information content (AvgIpc) is 3.37. The quantitative estimate of drug-likeness (QED) is 0.540. The van der Waals surface area contributed by atoms with Crippen molar-refractivity contribution in [2.24, 2.45) is 11.8 Å². The molecule has 4 heterocycles. The van der Waals surface area contributed by atoms with Gasteiger partial charge in [-0.25, -0.2) is 0 Å². The van der Waals surface area contributed by atoms with E-state index in [1.165, 1.54) is 25.9 Å². The van der Waals surface area contributed by atoms with Crippen molar-refractivity contribution in [2.75, 3.05) is 33.2 Å². The van der Waals surface area contributed by atoms with Gasteiger partial charge >= 0.3 is 0 Å². The molecule has 2 aliphatic heterocycles. The van der Waals surface area contributed by atoms with Crippen LogP contribution in [-0.4, -0.2) is 64.8 Å². The third-order valence-electron chi connectivity index (χ3n) is 8.10. The lowest BCUT2D eigenvalue weighted by Crippen LogP contribution is -2.57. The summed E-state index contributed by atoms with van der Waals surface area (Å²) >= 11 is 0. The van der Waals surface area contributed by atoms with Crippen molar-refractivity contribution in [2.45, 2.75) is 38.1 Å². The highest BCUT2D eigenvalue weighted by Crippen LogP contribution is 2.34. The number of hydrogen-bond donors (Lipinski definition) is 2. The highest BCUT2D eigenvalue weighted by molar-refractivity contribution is 6.01. The summed E-state index contributed by atoms with van der Waals surface area (Å²) in [5.41, 5.74) is 0.903. The number of amides is 2. The lowest BCUT2D eigenvalue weighted by atomic mass is 9.78. The van der Waals surface area contributed by atoms with Crippen LogP contribution in [0.4, 0.5) is 0 Å². The number of rotatable bonds is 5. The second kappa shape index (κ2) is 11.0. The maximum Gasteiger partial charge on any atom is 0.252 e. The third-order valence-corrected chi connectivity index (χ3v) is 8.10. The van der Waals surface area contributed by atoms with Gasteiger partial charge in [-0.2, -0.15) is 0 Å². The Labute approximate surface area is 219 Å². The summed E-state index contributed by atoms with van der Waals surface area (Å²) in [6.07, 6.45) is 9.78. The monoisotopic (exact) mass is 509 g/mol. The molecule has 36 heavy (non-hydrogen) atoms. The predicted octanol–water partition coefficient (Wildman–Crippen LogP) is 4.21. The maximum absolute atomic E-state index is 14.0. The van der Waals surface area contributed by atoms with Crippen LogP contribution in [-0.2, 0) is 10.3 Å². The van der Waals surface area contributed by atoms with Crippen LogP contribution >= 0.6 is 12.4 Å². The normalized spacial score (nSPS) is 19.4. The number of halogens is 1. The number of benzene rings is 1. The van der Waals surface area contributed by atoms with Crippen LogP contribution in [0.3, 0.4) is 0 Å². The molecule has 7 nitrogen and oxygen atoms in total. The zero-order chi connectivity index (χ0) is 24.4. The number of likely N-dealkylation sites (tertiary alicyclic amines) is 2. The lowest BCUT2D eigenvalue weighted by molar-refractivity contribution is -0.139. The molecule has 2 aliphatic rings. The van der Waals surface area contributed by atoms with Crippen LogP contribution in [0, 0.1) is 11.8 Å². The molecule has 0 unspecified atom stereocenters. The number of fused-ring (bicyclic) bond motifs is 1. The van der Waals surface area contributed by atoms with Gasteiger partial charge in [0.1, 0.15) is 5.54 Å². The Balaban J connectivity index is 0.00000304. The highest BCUT2D eigenvalue weighted by atomic mass is 35.5. The van der Waals surface area contributed by atoms with Gasteiger partial charge in [0, 0.05) is 48.3 Å². The molecular weight excluding hydrogens is 474 g/mol. The Bertz CT molecular complexity index is 1180. The fourth-order valence-electron chi connectivity index (χ4n) is 5.79. The van der Waals surface area contributed by atoms with Gasteiger partial charge < -0.3 is 20.1 Å². The molecule has 0 aliphatic carbocycles. The van der Waals surface area contributed by atoms with Gasteiger partial charge in [-0.1, -0.05) is 12.1 Å². The average molecular weight is 510 g/mol. The molecule has 2 saturated heterocycles. The van der Waals surface area contributed by atoms with Gasteiger partial charge in [-0.15, -0.1) is 12.4 Å². The van der Waals surface area contributed by atoms with Crippen LogP contribution in [0.2, 0.25) is 0 Å². The topological polar surface area (TPSA) is 81.3 Å². The van der Waals surface area contributed by atoms with E-state index >= 15 is 0 Å². The minimum absolute atomic E-state index is 0. The Hall–Kier alpha value is -2.90. The number of nitrogens with zero attached hydrogens (tertiary/aromatic N) is 3. The van der Waals surface area contributed by atoms with Crippen molar-refractivity contribution in [3.8, 4) is 0 Å². The Morgan fingerprint density at radius 3 is 2.39 bits per heavy atom. The first kappa shape index (κ1) is 26.2. The Morgan fingerprint density at radius 2 is 1.72 bits per heavy atom. The standard InChI is InChI=1S/C28H35N5O2.ClH/c1-28(24-4-3-12-29-19-24,31-26(34)23-6-5-22-7-13-30-25(22)18-23)27(35)33-16-10-21(11-17-33)20-8-14-32(2)15-9-20;/h3-7,12-13,18-21,30H,8-11,14-17H2,1-2H3,(H,31,34);1H/t28-;/m0./s1. The molecule has 2 amide bonds. The maximum atomic E-state index is 14.0. The Kier molecular flexibility index (Phi) is 8.00. The van der Waals surface area contributed by atoms with Crippen LogP contribution < -0.4 is 5.32 Å². The van der Waals surface area contributed by atoms with Crippen LogP contribution in [0.1, 0.15) is 48.5 Å². The fraction of sp³-hybridized carbons (Fsp3) is 0.464. The van der Waals surface area contributed by atoms with Crippen molar-refractivity contribution in [3.05, 3.63) is 66.1 Å². The number of H-pyrrole nitrogens is 1. The van der Waals surface area contributed by atoms with Gasteiger partial charge in [0.15, 0.2) is 0 Å². The number of pyridine rings is 1. The summed E-state index contributed by atoms with van der Waals surface area (Å²) < 4.78 is 0. The molecule has 0 bridgehead atoms. The zero-order valence-electron chi connectivity index (χ0n) is 21.1. The summed E-state index contributed by atoms with van der Waals surface area (Å²) in [4.78, 5) is 39.0. The number of hydrogen-bond acceptors (Lipinski definition) is 4. The van der Waals surface area contributed by atoms with Crippen molar-refractivity contribution < 1.29 is 9.59 Å². The molecule has 0 spiro atoms. The molecule has 5 rings (SSSR count). The van der Waals surface area contributed by atoms with E-state index in [0.29, 0.717) is 17.0 Å². The summed E-state index contributed by atoms with van der Waals surface area (Å²) in [7, 11) is 2.20. The molecule has 1 atom stereocenters. The predicted molar refractivity (Wildman–Crippen MR) is 144 cm³/mol. The molecule has 2 aromatic heterocycles. The van der Waals surface area contributed by atoms with Crippen LogP contribution in [0.15, 0.2) is 55.0 Å². The minimum Gasteiger partial charge on any atom is -0.361 e. The number of piperidine rings is 2. The van der Waals surface area contributed by atoms with Crippen LogP contribution in [0.25, 0.3) is 10.9 Å². The summed E-state index contributed by atoms with van der Waals surface area (Å²) in [5, 5.41) is 4.11. The van der Waals surface area contributed by atoms with Gasteiger partial charge in [0.05, 0.1) is 0 Å². The Morgan fingerprint density at radius 1 is 1.03 bits per heavy atom. The minimum atomic E-state index is -1.20. The number of carbonyl (C=O) groups is 2. The SMILES string of the molecule is CN1CCC(C2CCN(C(=O)[C@@](C)(NC(=O)c3ccc4cc[nH]c4c3)c3cccnc3)CC2)CC1.Cl. The van der Waals surface area contributed by atoms with Gasteiger partial charge in [-0.05, 0) is 94.2 Å². The van der Waals surface area contributed by atoms with Gasteiger partial charge in [0.2, 0.25) is 0 Å². The van der Waals surface area contributed by atoms with Crippen molar-refractivity contribution in [3.63, 3.8) is 0 Å². The largest absolute Gasteiger partial charge is 0.361 e. The zero-order valence-corrected chi connectivity index (χ0v) is 21.9. The molecular formula is C28H36ClN5O2. The molecule has 3 aromatic rings. The van der Waals surface area contributed by atoms with Crippen LogP contribution in [0.5, 0.6) is 0 Å². The van der Waals surface area contributed by atoms with Crippen molar-refractivity contribution in [1.29, 1.82) is 0 Å². The van der Waals surface area contributed by atoms with E-state index < -0.39 is 5.54 Å². The molecule has 1 aromatic carbocycles. The third kappa shape index (κ3) is 5.27. The molecule has 2 fully saturated rings. The first-order valence-electron chi connectivity index (χ1n) is 12.7. The highest BCUT2D eigenvalue weighted by Gasteiger charge is 2.42. The van der Waals surface area contributed by atoms with E-state index in [2.05, 4.69) is 27.2 Å². The second-order valence-corrected chi connectivity index (χ2v) is 10.4. The van der Waals surface area contributed by atoms with E-state index in [1.807, 2.05) is 41.4 Å². The first-order chi connectivity index (χ1) is 16.9. The van der Waals surface area contributed by atoms with E-state index in [1.54, 1.807) is 25.4 Å². The van der Waals surface area contributed by atoms with Crippen molar-refractivity contribution >= 4 is 35.1 Å². The smallest absolute Gasteiger partial charge is 0.252 e. The number of carbonyl (C=O) groups excluding carboxylic acids is 2. The second-order valence-electron chi connectivity index (χ2n) is 10.4. The molecule has 2 N–H and O–H groups in total. The summed E-state index contributed by atoms with van der Waals surface area (Å²) in [6, 6.07) is 11.2. The molecule has 192 valence electrons. The van der Waals surface area contributed by atoms with E-state index in [0.717, 1.165) is 42.8 Å². The fourth-order valence-corrected chi connectivity index (χ4v) is 5.79. The summed E-state index contributed by atoms with van der Waals surface area (Å²) in [5.74, 6) is 1.10. The van der Waals surface area contributed by atoms with Gasteiger partial charge in [-0.3, -0.25) is 14.6 Å². The van der Waals surface area contributed by atoms with E-state index in [9.17, 15) is 9.59 Å². The van der Waals surface area contributed by atoms with Gasteiger partial charge in [0.25, 0.3) is 11.8 Å². The number of aromatic amines is 1. The van der Waals surface area contributed by atoms with E-state index in [4.69, 9.17) is 0 Å². The molecule has 8 heteroatoms. The van der Waals surface area contributed by atoms with Crippen molar-refractivity contribution in [1.82, 2.24) is 25.1 Å². The molecule has 0 saturated carbocycles.